The third-order valence-corrected chi connectivity index (χ3v) is 4.04. The van der Waals surface area contributed by atoms with Gasteiger partial charge in [0, 0.05) is 10.0 Å². The minimum Gasteiger partial charge on any atom is -0.493 e. The molecule has 128 valence electrons. The molecule has 0 aliphatic carbocycles. The van der Waals surface area contributed by atoms with E-state index in [0.29, 0.717) is 28.6 Å². The average Bonchev–Trinajstić information content (AvgIpc) is 2.60. The van der Waals surface area contributed by atoms with Gasteiger partial charge in [0.2, 0.25) is 0 Å². The molecule has 0 fully saturated rings. The minimum absolute atomic E-state index is 0.0423. The van der Waals surface area contributed by atoms with Gasteiger partial charge in [-0.3, -0.25) is 4.79 Å². The van der Waals surface area contributed by atoms with Gasteiger partial charge in [-0.15, -0.1) is 0 Å². The molecule has 2 rings (SSSR count). The number of benzene rings is 2. The van der Waals surface area contributed by atoms with Crippen molar-refractivity contribution in [2.24, 2.45) is 0 Å². The number of rotatable bonds is 6. The number of carbonyl (C=O) groups is 1. The maximum absolute atomic E-state index is 12.4. The van der Waals surface area contributed by atoms with Crippen LogP contribution in [0.5, 0.6) is 5.75 Å². The molecule has 25 heavy (non-hydrogen) atoms. The van der Waals surface area contributed by atoms with Crippen molar-refractivity contribution in [3.05, 3.63) is 63.1 Å². The highest BCUT2D eigenvalue weighted by Gasteiger charge is 2.13. The highest BCUT2D eigenvalue weighted by Crippen LogP contribution is 2.26. The fourth-order valence-electron chi connectivity index (χ4n) is 2.03. The summed E-state index contributed by atoms with van der Waals surface area (Å²) in [6.45, 7) is 2.56. The summed E-state index contributed by atoms with van der Waals surface area (Å²) in [4.78, 5) is 12.4. The summed E-state index contributed by atoms with van der Waals surface area (Å²) in [5.74, 6) is 0.0837. The van der Waals surface area contributed by atoms with Gasteiger partial charge in [0.05, 0.1) is 17.3 Å². The van der Waals surface area contributed by atoms with Gasteiger partial charge in [-0.05, 0) is 42.8 Å². The number of nitrogens with zero attached hydrogens (tertiary/aromatic N) is 1. The monoisotopic (exact) mass is 418 g/mol. The lowest BCUT2D eigenvalue weighted by atomic mass is 10.1. The zero-order chi connectivity index (χ0) is 18.2. The van der Waals surface area contributed by atoms with Crippen LogP contribution in [0, 0.1) is 11.3 Å². The molecule has 0 spiro atoms. The van der Waals surface area contributed by atoms with E-state index in [4.69, 9.17) is 16.3 Å². The number of ether oxygens (including phenoxy) is 1. The smallest absolute Gasteiger partial charge is 0.266 e. The zero-order valence-corrected chi connectivity index (χ0v) is 15.9. The van der Waals surface area contributed by atoms with Crippen LogP contribution in [0.25, 0.3) is 6.08 Å². The van der Waals surface area contributed by atoms with Gasteiger partial charge in [0.1, 0.15) is 17.4 Å². The van der Waals surface area contributed by atoms with Crippen LogP contribution in [0.3, 0.4) is 0 Å². The summed E-state index contributed by atoms with van der Waals surface area (Å²) in [5, 5.41) is 12.4. The number of anilines is 1. The molecule has 2 aromatic rings. The van der Waals surface area contributed by atoms with Gasteiger partial charge in [0.15, 0.2) is 0 Å². The van der Waals surface area contributed by atoms with Crippen LogP contribution in [-0.4, -0.2) is 12.5 Å². The molecule has 2 aromatic carbocycles. The van der Waals surface area contributed by atoms with Crippen molar-refractivity contribution >= 4 is 45.2 Å². The molecule has 0 unspecified atom stereocenters. The number of carbonyl (C=O) groups excluding carboxylic acids is 1. The first-order valence-electron chi connectivity index (χ1n) is 7.65. The molecule has 1 N–H and O–H groups in total. The van der Waals surface area contributed by atoms with Crippen molar-refractivity contribution in [2.45, 2.75) is 13.3 Å². The molecule has 0 heterocycles. The molecular formula is C19H16BrClN2O2. The SMILES string of the molecule is CCCOc1ccc(Br)cc1/C=C(\C#N)C(=O)Nc1ccccc1Cl. The molecular weight excluding hydrogens is 404 g/mol. The molecule has 0 saturated heterocycles. The third kappa shape index (κ3) is 5.35. The highest BCUT2D eigenvalue weighted by atomic mass is 79.9. The van der Waals surface area contributed by atoms with Crippen LogP contribution >= 0.6 is 27.5 Å². The van der Waals surface area contributed by atoms with E-state index in [9.17, 15) is 10.1 Å². The van der Waals surface area contributed by atoms with E-state index in [-0.39, 0.29) is 5.57 Å². The first-order chi connectivity index (χ1) is 12.0. The van der Waals surface area contributed by atoms with Crippen LogP contribution in [0.4, 0.5) is 5.69 Å². The van der Waals surface area contributed by atoms with Gasteiger partial charge < -0.3 is 10.1 Å². The van der Waals surface area contributed by atoms with Gasteiger partial charge in [-0.1, -0.05) is 46.6 Å². The number of halogens is 2. The molecule has 1 amide bonds. The molecule has 4 nitrogen and oxygen atoms in total. The van der Waals surface area contributed by atoms with Crippen LogP contribution in [0.15, 0.2) is 52.5 Å². The topological polar surface area (TPSA) is 62.1 Å². The Hall–Kier alpha value is -2.29. The molecule has 6 heteroatoms. The highest BCUT2D eigenvalue weighted by molar-refractivity contribution is 9.10. The second-order valence-electron chi connectivity index (χ2n) is 5.13. The quantitative estimate of drug-likeness (QED) is 0.501. The Kier molecular flexibility index (Phi) is 7.05. The van der Waals surface area contributed by atoms with Crippen molar-refractivity contribution in [1.82, 2.24) is 0 Å². The van der Waals surface area contributed by atoms with E-state index in [1.165, 1.54) is 6.08 Å². The van der Waals surface area contributed by atoms with E-state index in [0.717, 1.165) is 10.9 Å². The van der Waals surface area contributed by atoms with Crippen molar-refractivity contribution in [2.75, 3.05) is 11.9 Å². The number of hydrogen-bond donors (Lipinski definition) is 1. The largest absolute Gasteiger partial charge is 0.493 e. The Morgan fingerprint density at radius 3 is 2.80 bits per heavy atom. The summed E-state index contributed by atoms with van der Waals surface area (Å²) in [7, 11) is 0. The summed E-state index contributed by atoms with van der Waals surface area (Å²) in [6.07, 6.45) is 2.36. The van der Waals surface area contributed by atoms with Crippen LogP contribution in [0.2, 0.25) is 5.02 Å². The Labute approximate surface area is 160 Å². The van der Waals surface area contributed by atoms with E-state index in [2.05, 4.69) is 21.2 Å². The van der Waals surface area contributed by atoms with Gasteiger partial charge in [-0.2, -0.15) is 5.26 Å². The molecule has 0 saturated carbocycles. The standard InChI is InChI=1S/C19H16BrClN2O2/c1-2-9-25-18-8-7-15(20)11-13(18)10-14(12-22)19(24)23-17-6-4-3-5-16(17)21/h3-8,10-11H,2,9H2,1H3,(H,23,24)/b14-10+. The molecule has 0 radical (unpaired) electrons. The predicted molar refractivity (Wildman–Crippen MR) is 104 cm³/mol. The van der Waals surface area contributed by atoms with Crippen LogP contribution < -0.4 is 10.1 Å². The lowest BCUT2D eigenvalue weighted by Gasteiger charge is -2.10. The summed E-state index contributed by atoms with van der Waals surface area (Å²) >= 11 is 9.43. The number of nitriles is 1. The fraction of sp³-hybridized carbons (Fsp3) is 0.158. The van der Waals surface area contributed by atoms with Crippen molar-refractivity contribution < 1.29 is 9.53 Å². The number of amides is 1. The lowest BCUT2D eigenvalue weighted by molar-refractivity contribution is -0.112. The first-order valence-corrected chi connectivity index (χ1v) is 8.82. The van der Waals surface area contributed by atoms with Crippen LogP contribution in [0.1, 0.15) is 18.9 Å². The molecule has 0 aliphatic rings. The van der Waals surface area contributed by atoms with E-state index < -0.39 is 5.91 Å². The Morgan fingerprint density at radius 1 is 1.36 bits per heavy atom. The predicted octanol–water partition coefficient (Wildman–Crippen LogP) is 5.44. The van der Waals surface area contributed by atoms with E-state index in [1.807, 2.05) is 19.1 Å². The number of hydrogen-bond acceptors (Lipinski definition) is 3. The number of nitrogens with one attached hydrogen (secondary N) is 1. The lowest BCUT2D eigenvalue weighted by Crippen LogP contribution is -2.13. The fourth-order valence-corrected chi connectivity index (χ4v) is 2.59. The Balaban J connectivity index is 2.31. The molecule has 0 bridgehead atoms. The second kappa shape index (κ2) is 9.26. The summed E-state index contributed by atoms with van der Waals surface area (Å²) in [5.41, 5.74) is 1.06. The van der Waals surface area contributed by atoms with Gasteiger partial charge >= 0.3 is 0 Å². The maximum atomic E-state index is 12.4. The summed E-state index contributed by atoms with van der Waals surface area (Å²) in [6, 6.07) is 14.2. The molecule has 0 atom stereocenters. The Morgan fingerprint density at radius 2 is 2.12 bits per heavy atom. The van der Waals surface area contributed by atoms with Crippen LogP contribution in [-0.2, 0) is 4.79 Å². The molecule has 0 aliphatic heterocycles. The Bertz CT molecular complexity index is 844. The van der Waals surface area contributed by atoms with Crippen molar-refractivity contribution in [1.29, 1.82) is 5.26 Å². The van der Waals surface area contributed by atoms with Crippen molar-refractivity contribution in [3.8, 4) is 11.8 Å². The van der Waals surface area contributed by atoms with Crippen molar-refractivity contribution in [3.63, 3.8) is 0 Å². The number of para-hydroxylation sites is 1. The van der Waals surface area contributed by atoms with Gasteiger partial charge in [-0.25, -0.2) is 0 Å². The van der Waals surface area contributed by atoms with Gasteiger partial charge in [0.25, 0.3) is 5.91 Å². The summed E-state index contributed by atoms with van der Waals surface area (Å²) < 4.78 is 6.50. The second-order valence-corrected chi connectivity index (χ2v) is 6.46. The minimum atomic E-state index is -0.531. The average molecular weight is 420 g/mol. The van der Waals surface area contributed by atoms with E-state index in [1.54, 1.807) is 36.4 Å². The third-order valence-electron chi connectivity index (χ3n) is 3.22. The zero-order valence-electron chi connectivity index (χ0n) is 13.6. The molecule has 0 aromatic heterocycles. The first kappa shape index (κ1) is 19.0. The maximum Gasteiger partial charge on any atom is 0.266 e. The van der Waals surface area contributed by atoms with E-state index >= 15 is 0 Å². The normalized spacial score (nSPS) is 10.9.